The molecule has 1 heterocycles. The summed E-state index contributed by atoms with van der Waals surface area (Å²) in [5.74, 6) is 0.723. The summed E-state index contributed by atoms with van der Waals surface area (Å²) < 4.78 is 1.44. The van der Waals surface area contributed by atoms with E-state index in [4.69, 9.17) is 18.0 Å². The number of hydrogen-bond donors (Lipinski definition) is 3. The van der Waals surface area contributed by atoms with Crippen LogP contribution in [0.3, 0.4) is 0 Å². The molecule has 0 amide bonds. The van der Waals surface area contributed by atoms with Crippen LogP contribution in [0, 0.1) is 5.92 Å². The predicted octanol–water partition coefficient (Wildman–Crippen LogP) is 2.59. The van der Waals surface area contributed by atoms with Crippen molar-refractivity contribution in [2.45, 2.75) is 78.3 Å². The number of nitrogens with two attached hydrogens (primary N) is 1. The van der Waals surface area contributed by atoms with Gasteiger partial charge in [0.1, 0.15) is 5.82 Å². The molecule has 8 heteroatoms. The zero-order valence-corrected chi connectivity index (χ0v) is 17.5. The van der Waals surface area contributed by atoms with E-state index in [1.165, 1.54) is 23.8 Å². The molecule has 0 radical (unpaired) electrons. The fourth-order valence-electron chi connectivity index (χ4n) is 3.68. The standard InChI is InChI=1S/C19H33N5O2S/c1-4-6-12-24-16(20)15(17(25)22-18(24)26)23(11-5-2)19(27)21-14-10-8-7-9-13(14)3/h13-14H,4-12,20H2,1-3H3,(H,21,27)(H,22,25,26)/t13-,14-/m0/s1. The first-order valence-corrected chi connectivity index (χ1v) is 10.5. The second kappa shape index (κ2) is 9.92. The van der Waals surface area contributed by atoms with Crippen LogP contribution in [0.1, 0.15) is 65.7 Å². The summed E-state index contributed by atoms with van der Waals surface area (Å²) in [6, 6.07) is 0.303. The van der Waals surface area contributed by atoms with Crippen LogP contribution >= 0.6 is 12.2 Å². The zero-order chi connectivity index (χ0) is 20.0. The summed E-state index contributed by atoms with van der Waals surface area (Å²) >= 11 is 5.66. The van der Waals surface area contributed by atoms with Gasteiger partial charge in [0.05, 0.1) is 0 Å². The van der Waals surface area contributed by atoms with E-state index in [0.29, 0.717) is 30.2 Å². The van der Waals surface area contributed by atoms with E-state index in [1.807, 2.05) is 13.8 Å². The van der Waals surface area contributed by atoms with Gasteiger partial charge in [0, 0.05) is 19.1 Å². The largest absolute Gasteiger partial charge is 0.383 e. The Balaban J connectivity index is 2.36. The second-order valence-corrected chi connectivity index (χ2v) is 7.85. The molecular formula is C19H33N5O2S. The molecule has 2 atom stereocenters. The van der Waals surface area contributed by atoms with Crippen molar-refractivity contribution in [2.24, 2.45) is 5.92 Å². The van der Waals surface area contributed by atoms with Crippen LogP contribution in [0.4, 0.5) is 11.5 Å². The van der Waals surface area contributed by atoms with Gasteiger partial charge in [0.15, 0.2) is 10.8 Å². The van der Waals surface area contributed by atoms with E-state index >= 15 is 0 Å². The Labute approximate surface area is 166 Å². The van der Waals surface area contributed by atoms with Crippen molar-refractivity contribution in [3.63, 3.8) is 0 Å². The molecule has 0 spiro atoms. The maximum absolute atomic E-state index is 12.6. The molecule has 7 nitrogen and oxygen atoms in total. The van der Waals surface area contributed by atoms with E-state index in [2.05, 4.69) is 17.2 Å². The number of aromatic nitrogens is 2. The van der Waals surface area contributed by atoms with Crippen LogP contribution in [0.25, 0.3) is 0 Å². The fourth-order valence-corrected chi connectivity index (χ4v) is 4.02. The Bertz CT molecular complexity index is 757. The molecule has 0 bridgehead atoms. The molecule has 27 heavy (non-hydrogen) atoms. The summed E-state index contributed by atoms with van der Waals surface area (Å²) in [6.45, 7) is 7.34. The van der Waals surface area contributed by atoms with E-state index in [9.17, 15) is 9.59 Å². The third-order valence-corrected chi connectivity index (χ3v) is 5.67. The number of hydrogen-bond acceptors (Lipinski definition) is 4. The van der Waals surface area contributed by atoms with Gasteiger partial charge in [-0.1, -0.05) is 40.0 Å². The Hall–Kier alpha value is -1.83. The second-order valence-electron chi connectivity index (χ2n) is 7.47. The molecule has 0 unspecified atom stereocenters. The van der Waals surface area contributed by atoms with Gasteiger partial charge in [-0.15, -0.1) is 0 Å². The van der Waals surface area contributed by atoms with Crippen molar-refractivity contribution in [1.29, 1.82) is 0 Å². The van der Waals surface area contributed by atoms with Gasteiger partial charge >= 0.3 is 5.69 Å². The number of aromatic amines is 1. The number of thiocarbonyl (C=S) groups is 1. The van der Waals surface area contributed by atoms with E-state index in [-0.39, 0.29) is 11.5 Å². The highest BCUT2D eigenvalue weighted by atomic mass is 32.1. The summed E-state index contributed by atoms with van der Waals surface area (Å²) in [5, 5.41) is 3.95. The smallest absolute Gasteiger partial charge is 0.330 e. The minimum Gasteiger partial charge on any atom is -0.383 e. The van der Waals surface area contributed by atoms with Crippen LogP contribution in [0.5, 0.6) is 0 Å². The van der Waals surface area contributed by atoms with Crippen molar-refractivity contribution in [2.75, 3.05) is 17.2 Å². The SMILES string of the molecule is CCCCn1c(N)c(N(CCC)C(=S)N[C@H]2CCCC[C@@H]2C)c(=O)[nH]c1=O. The zero-order valence-electron chi connectivity index (χ0n) is 16.7. The number of unbranched alkanes of at least 4 members (excludes halogenated alkanes) is 1. The van der Waals surface area contributed by atoms with Crippen molar-refractivity contribution in [1.82, 2.24) is 14.9 Å². The molecule has 1 saturated carbocycles. The van der Waals surface area contributed by atoms with Gasteiger partial charge in [-0.05, 0) is 43.8 Å². The molecule has 1 aromatic heterocycles. The number of nitrogens with zero attached hydrogens (tertiary/aromatic N) is 2. The van der Waals surface area contributed by atoms with Crippen LogP contribution < -0.4 is 27.2 Å². The first-order chi connectivity index (χ1) is 12.9. The Morgan fingerprint density at radius 2 is 2.00 bits per heavy atom. The minimum atomic E-state index is -0.487. The minimum absolute atomic E-state index is 0.187. The molecule has 0 saturated heterocycles. The third kappa shape index (κ3) is 5.12. The maximum atomic E-state index is 12.6. The monoisotopic (exact) mass is 395 g/mol. The quantitative estimate of drug-likeness (QED) is 0.614. The van der Waals surface area contributed by atoms with Gasteiger partial charge in [0.25, 0.3) is 5.56 Å². The molecule has 152 valence electrons. The molecule has 1 aliphatic rings. The number of rotatable bonds is 7. The fraction of sp³-hybridized carbons (Fsp3) is 0.737. The first kappa shape index (κ1) is 21.5. The van der Waals surface area contributed by atoms with Crippen molar-refractivity contribution < 1.29 is 0 Å². The van der Waals surface area contributed by atoms with Gasteiger partial charge in [-0.2, -0.15) is 0 Å². The van der Waals surface area contributed by atoms with Crippen LogP contribution in [0.2, 0.25) is 0 Å². The summed E-state index contributed by atoms with van der Waals surface area (Å²) in [5.41, 5.74) is 5.59. The number of nitrogens with one attached hydrogen (secondary N) is 2. The maximum Gasteiger partial charge on any atom is 0.330 e. The highest BCUT2D eigenvalue weighted by Gasteiger charge is 2.26. The highest BCUT2D eigenvalue weighted by molar-refractivity contribution is 7.80. The molecule has 1 aromatic rings. The molecule has 0 aromatic carbocycles. The van der Waals surface area contributed by atoms with Gasteiger partial charge < -0.3 is 16.0 Å². The summed E-state index contributed by atoms with van der Waals surface area (Å²) in [4.78, 5) is 28.9. The third-order valence-electron chi connectivity index (χ3n) is 5.33. The lowest BCUT2D eigenvalue weighted by Crippen LogP contribution is -2.50. The number of H-pyrrole nitrogens is 1. The first-order valence-electron chi connectivity index (χ1n) is 10.1. The number of anilines is 2. The molecule has 4 N–H and O–H groups in total. The summed E-state index contributed by atoms with van der Waals surface area (Å²) in [7, 11) is 0. The molecule has 1 fully saturated rings. The average Bonchev–Trinajstić information content (AvgIpc) is 2.62. The molecular weight excluding hydrogens is 362 g/mol. The lowest BCUT2D eigenvalue weighted by atomic mass is 9.86. The van der Waals surface area contributed by atoms with Crippen molar-refractivity contribution in [3.05, 3.63) is 20.8 Å². The Morgan fingerprint density at radius 1 is 1.30 bits per heavy atom. The topological polar surface area (TPSA) is 96.2 Å². The van der Waals surface area contributed by atoms with Gasteiger partial charge in [-0.25, -0.2) is 4.79 Å². The molecule has 1 aliphatic carbocycles. The van der Waals surface area contributed by atoms with Crippen LogP contribution in [-0.4, -0.2) is 27.3 Å². The van der Waals surface area contributed by atoms with Crippen molar-refractivity contribution >= 4 is 28.8 Å². The summed E-state index contributed by atoms with van der Waals surface area (Å²) in [6.07, 6.45) is 7.23. The van der Waals surface area contributed by atoms with Gasteiger partial charge in [-0.3, -0.25) is 14.3 Å². The van der Waals surface area contributed by atoms with E-state index in [0.717, 1.165) is 25.7 Å². The van der Waals surface area contributed by atoms with Crippen LogP contribution in [-0.2, 0) is 6.54 Å². The lowest BCUT2D eigenvalue weighted by Gasteiger charge is -2.34. The Kier molecular flexibility index (Phi) is 7.89. The molecule has 0 aliphatic heterocycles. The number of nitrogen functional groups attached to an aromatic ring is 1. The van der Waals surface area contributed by atoms with E-state index in [1.54, 1.807) is 4.90 Å². The predicted molar refractivity (Wildman–Crippen MR) is 115 cm³/mol. The van der Waals surface area contributed by atoms with E-state index < -0.39 is 11.2 Å². The normalized spacial score (nSPS) is 19.7. The van der Waals surface area contributed by atoms with Crippen LogP contribution in [0.15, 0.2) is 9.59 Å². The van der Waals surface area contributed by atoms with Crippen molar-refractivity contribution in [3.8, 4) is 0 Å². The average molecular weight is 396 g/mol. The van der Waals surface area contributed by atoms with Gasteiger partial charge in [0.2, 0.25) is 0 Å². The molecule has 2 rings (SSSR count). The Morgan fingerprint density at radius 3 is 2.63 bits per heavy atom. The highest BCUT2D eigenvalue weighted by Crippen LogP contribution is 2.25. The lowest BCUT2D eigenvalue weighted by molar-refractivity contribution is 0.309.